The third kappa shape index (κ3) is 2.14. The molecule has 0 aromatic heterocycles. The Labute approximate surface area is 85.1 Å². The van der Waals surface area contributed by atoms with Crippen molar-refractivity contribution in [2.24, 2.45) is 5.92 Å². The highest BCUT2D eigenvalue weighted by atomic mass is 19.1. The van der Waals surface area contributed by atoms with Crippen LogP contribution in [0.2, 0.25) is 0 Å². The van der Waals surface area contributed by atoms with Crippen molar-refractivity contribution in [1.29, 1.82) is 0 Å². The van der Waals surface area contributed by atoms with E-state index in [9.17, 15) is 4.39 Å². The fraction of sp³-hybridized carbons (Fsp3) is 0.538. The Hall–Kier alpha value is -0.850. The first-order valence-electron chi connectivity index (χ1n) is 5.51. The maximum absolute atomic E-state index is 12.7. The van der Waals surface area contributed by atoms with Crippen LogP contribution in [0.25, 0.3) is 0 Å². The highest BCUT2D eigenvalue weighted by molar-refractivity contribution is 5.20. The zero-order chi connectivity index (χ0) is 9.97. The minimum absolute atomic E-state index is 0.127. The molecule has 0 aliphatic heterocycles. The van der Waals surface area contributed by atoms with Crippen molar-refractivity contribution in [2.45, 2.75) is 38.5 Å². The Kier molecular flexibility index (Phi) is 2.85. The molecule has 0 amide bonds. The van der Waals surface area contributed by atoms with E-state index in [1.165, 1.54) is 31.2 Å². The quantitative estimate of drug-likeness (QED) is 0.628. The number of benzene rings is 1. The van der Waals surface area contributed by atoms with E-state index in [4.69, 9.17) is 0 Å². The Morgan fingerprint density at radius 1 is 1.14 bits per heavy atom. The number of halogens is 1. The van der Waals surface area contributed by atoms with E-state index in [2.05, 4.69) is 6.92 Å². The van der Waals surface area contributed by atoms with Crippen molar-refractivity contribution in [2.75, 3.05) is 0 Å². The van der Waals surface area contributed by atoms with Gasteiger partial charge in [0, 0.05) is 0 Å². The molecule has 0 nitrogen and oxygen atoms in total. The van der Waals surface area contributed by atoms with E-state index in [0.29, 0.717) is 5.92 Å². The van der Waals surface area contributed by atoms with E-state index in [1.807, 2.05) is 12.1 Å². The first-order chi connectivity index (χ1) is 6.75. The monoisotopic (exact) mass is 192 g/mol. The number of hydrogen-bond acceptors (Lipinski definition) is 0. The van der Waals surface area contributed by atoms with Crippen molar-refractivity contribution in [1.82, 2.24) is 0 Å². The van der Waals surface area contributed by atoms with E-state index >= 15 is 0 Å². The fourth-order valence-corrected chi connectivity index (χ4v) is 2.47. The maximum Gasteiger partial charge on any atom is 0.123 e. The average Bonchev–Trinajstić information content (AvgIpc) is 2.19. The van der Waals surface area contributed by atoms with Gasteiger partial charge in [0.15, 0.2) is 0 Å². The Bertz CT molecular complexity index is 289. The van der Waals surface area contributed by atoms with Gasteiger partial charge in [-0.25, -0.2) is 4.39 Å². The van der Waals surface area contributed by atoms with Crippen LogP contribution in [0.15, 0.2) is 24.3 Å². The second kappa shape index (κ2) is 4.12. The largest absolute Gasteiger partial charge is 0.207 e. The van der Waals surface area contributed by atoms with Crippen LogP contribution < -0.4 is 0 Å². The van der Waals surface area contributed by atoms with Crippen LogP contribution in [0.1, 0.15) is 44.1 Å². The summed E-state index contributed by atoms with van der Waals surface area (Å²) in [7, 11) is 0. The lowest BCUT2D eigenvalue weighted by molar-refractivity contribution is 0.344. The molecule has 2 atom stereocenters. The van der Waals surface area contributed by atoms with Gasteiger partial charge in [0.05, 0.1) is 0 Å². The van der Waals surface area contributed by atoms with Crippen molar-refractivity contribution >= 4 is 0 Å². The summed E-state index contributed by atoms with van der Waals surface area (Å²) in [5, 5.41) is 0. The van der Waals surface area contributed by atoms with E-state index in [0.717, 1.165) is 5.92 Å². The summed E-state index contributed by atoms with van der Waals surface area (Å²) in [4.78, 5) is 0. The van der Waals surface area contributed by atoms with E-state index < -0.39 is 0 Å². The van der Waals surface area contributed by atoms with Gasteiger partial charge in [-0.15, -0.1) is 0 Å². The Morgan fingerprint density at radius 3 is 2.50 bits per heavy atom. The summed E-state index contributed by atoms with van der Waals surface area (Å²) in [5.41, 5.74) is 1.32. The summed E-state index contributed by atoms with van der Waals surface area (Å²) >= 11 is 0. The molecule has 0 heterocycles. The van der Waals surface area contributed by atoms with E-state index in [1.54, 1.807) is 12.1 Å². The Balaban J connectivity index is 2.10. The minimum atomic E-state index is -0.127. The molecule has 1 fully saturated rings. The average molecular weight is 192 g/mol. The molecule has 2 unspecified atom stereocenters. The molecular formula is C13H17F. The molecule has 0 bridgehead atoms. The predicted octanol–water partition coefficient (Wildman–Crippen LogP) is 4.12. The van der Waals surface area contributed by atoms with Gasteiger partial charge in [-0.3, -0.25) is 0 Å². The van der Waals surface area contributed by atoms with Gasteiger partial charge in [0.25, 0.3) is 0 Å². The molecule has 1 heteroatoms. The van der Waals surface area contributed by atoms with Gasteiger partial charge in [0.2, 0.25) is 0 Å². The van der Waals surface area contributed by atoms with Crippen LogP contribution in [-0.4, -0.2) is 0 Å². The summed E-state index contributed by atoms with van der Waals surface area (Å²) < 4.78 is 12.7. The van der Waals surface area contributed by atoms with Gasteiger partial charge in [-0.2, -0.15) is 0 Å². The summed E-state index contributed by atoms with van der Waals surface area (Å²) in [6.07, 6.45) is 5.22. The number of hydrogen-bond donors (Lipinski definition) is 0. The number of rotatable bonds is 1. The normalized spacial score (nSPS) is 27.6. The van der Waals surface area contributed by atoms with Crippen LogP contribution in [-0.2, 0) is 0 Å². The maximum atomic E-state index is 12.7. The van der Waals surface area contributed by atoms with Gasteiger partial charge < -0.3 is 0 Å². The molecule has 0 radical (unpaired) electrons. The summed E-state index contributed by atoms with van der Waals surface area (Å²) in [6, 6.07) is 7.04. The molecule has 1 aliphatic rings. The van der Waals surface area contributed by atoms with Crippen LogP contribution in [0.3, 0.4) is 0 Å². The predicted molar refractivity (Wildman–Crippen MR) is 56.8 cm³/mol. The lowest BCUT2D eigenvalue weighted by Gasteiger charge is -2.26. The molecule has 14 heavy (non-hydrogen) atoms. The van der Waals surface area contributed by atoms with Crippen LogP contribution in [0, 0.1) is 11.7 Å². The minimum Gasteiger partial charge on any atom is -0.207 e. The van der Waals surface area contributed by atoms with Crippen molar-refractivity contribution in [3.63, 3.8) is 0 Å². The van der Waals surface area contributed by atoms with Gasteiger partial charge >= 0.3 is 0 Å². The Morgan fingerprint density at radius 2 is 1.86 bits per heavy atom. The first kappa shape index (κ1) is 9.70. The third-order valence-corrected chi connectivity index (χ3v) is 3.28. The van der Waals surface area contributed by atoms with Crippen molar-refractivity contribution < 1.29 is 4.39 Å². The molecule has 0 spiro atoms. The van der Waals surface area contributed by atoms with Gasteiger partial charge in [-0.1, -0.05) is 31.9 Å². The standard InChI is InChI=1S/C13H17F/c1-10-3-2-4-12(9-10)11-5-7-13(14)8-6-11/h5-8,10,12H,2-4,9H2,1H3. The topological polar surface area (TPSA) is 0 Å². The summed E-state index contributed by atoms with van der Waals surface area (Å²) in [5.74, 6) is 1.37. The van der Waals surface area contributed by atoms with Crippen molar-refractivity contribution in [3.05, 3.63) is 35.6 Å². The van der Waals surface area contributed by atoms with Crippen LogP contribution in [0.5, 0.6) is 0 Å². The van der Waals surface area contributed by atoms with Gasteiger partial charge in [-0.05, 0) is 42.4 Å². The second-order valence-electron chi connectivity index (χ2n) is 4.52. The highest BCUT2D eigenvalue weighted by Crippen LogP contribution is 2.35. The van der Waals surface area contributed by atoms with Gasteiger partial charge in [0.1, 0.15) is 5.82 Å². The molecule has 76 valence electrons. The molecule has 0 N–H and O–H groups in total. The lowest BCUT2D eigenvalue weighted by Crippen LogP contribution is -2.11. The molecule has 1 aromatic carbocycles. The molecule has 0 saturated heterocycles. The fourth-order valence-electron chi connectivity index (χ4n) is 2.47. The molecule has 1 saturated carbocycles. The van der Waals surface area contributed by atoms with Crippen LogP contribution in [0.4, 0.5) is 4.39 Å². The highest BCUT2D eigenvalue weighted by Gasteiger charge is 2.19. The van der Waals surface area contributed by atoms with Crippen LogP contribution >= 0.6 is 0 Å². The van der Waals surface area contributed by atoms with E-state index in [-0.39, 0.29) is 5.82 Å². The zero-order valence-corrected chi connectivity index (χ0v) is 8.67. The molecule has 2 rings (SSSR count). The van der Waals surface area contributed by atoms with Crippen molar-refractivity contribution in [3.8, 4) is 0 Å². The second-order valence-corrected chi connectivity index (χ2v) is 4.52. The smallest absolute Gasteiger partial charge is 0.123 e. The SMILES string of the molecule is CC1CCCC(c2ccc(F)cc2)C1. The first-order valence-corrected chi connectivity index (χ1v) is 5.51. The summed E-state index contributed by atoms with van der Waals surface area (Å²) in [6.45, 7) is 2.32. The molecular weight excluding hydrogens is 175 g/mol. The lowest BCUT2D eigenvalue weighted by atomic mass is 9.79. The zero-order valence-electron chi connectivity index (χ0n) is 8.67. The third-order valence-electron chi connectivity index (χ3n) is 3.28. The molecule has 1 aromatic rings. The molecule has 1 aliphatic carbocycles.